The van der Waals surface area contributed by atoms with Gasteiger partial charge in [-0.2, -0.15) is 0 Å². The van der Waals surface area contributed by atoms with Gasteiger partial charge in [0.25, 0.3) is 0 Å². The average Bonchev–Trinajstić information content (AvgIpc) is 2.95. The Hall–Kier alpha value is -0.150. The van der Waals surface area contributed by atoms with Gasteiger partial charge in [-0.15, -0.1) is 0 Å². The molecule has 3 heteroatoms. The SMILES string of the molecule is CC1CNC(C)(C2CC2)CN1CCF. The zero-order chi connectivity index (χ0) is 10.2. The van der Waals surface area contributed by atoms with E-state index in [1.165, 1.54) is 12.8 Å². The van der Waals surface area contributed by atoms with E-state index >= 15 is 0 Å². The third-order valence-electron chi connectivity index (χ3n) is 3.81. The fraction of sp³-hybridized carbons (Fsp3) is 1.00. The van der Waals surface area contributed by atoms with Gasteiger partial charge in [-0.3, -0.25) is 4.90 Å². The first-order chi connectivity index (χ1) is 6.65. The molecule has 0 bridgehead atoms. The molecule has 2 fully saturated rings. The minimum Gasteiger partial charge on any atom is -0.308 e. The van der Waals surface area contributed by atoms with Crippen LogP contribution in [0.5, 0.6) is 0 Å². The number of rotatable bonds is 3. The Kier molecular flexibility index (Phi) is 2.80. The van der Waals surface area contributed by atoms with Gasteiger partial charge in [0, 0.05) is 31.2 Å². The second-order valence-corrected chi connectivity index (χ2v) is 5.08. The third-order valence-corrected chi connectivity index (χ3v) is 3.81. The van der Waals surface area contributed by atoms with Crippen molar-refractivity contribution in [3.8, 4) is 0 Å². The van der Waals surface area contributed by atoms with Crippen molar-refractivity contribution in [1.29, 1.82) is 0 Å². The van der Waals surface area contributed by atoms with Crippen LogP contribution in [0.1, 0.15) is 26.7 Å². The number of nitrogens with one attached hydrogen (secondary N) is 1. The van der Waals surface area contributed by atoms with E-state index in [2.05, 4.69) is 24.1 Å². The Balaban J connectivity index is 1.96. The zero-order valence-corrected chi connectivity index (χ0v) is 9.22. The Morgan fingerprint density at radius 1 is 1.50 bits per heavy atom. The first kappa shape index (κ1) is 10.4. The lowest BCUT2D eigenvalue weighted by Crippen LogP contribution is -2.63. The van der Waals surface area contributed by atoms with Gasteiger partial charge in [0.1, 0.15) is 6.67 Å². The molecule has 0 aromatic heterocycles. The average molecular weight is 200 g/mol. The highest BCUT2D eigenvalue weighted by Gasteiger charge is 2.44. The van der Waals surface area contributed by atoms with Crippen molar-refractivity contribution in [2.24, 2.45) is 5.92 Å². The largest absolute Gasteiger partial charge is 0.308 e. The Morgan fingerprint density at radius 2 is 2.21 bits per heavy atom. The molecule has 1 saturated heterocycles. The van der Waals surface area contributed by atoms with E-state index in [0.717, 1.165) is 19.0 Å². The molecule has 2 unspecified atom stereocenters. The van der Waals surface area contributed by atoms with Crippen LogP contribution in [-0.4, -0.2) is 42.8 Å². The third kappa shape index (κ3) is 1.94. The Bertz CT molecular complexity index is 205. The molecule has 1 heterocycles. The first-order valence-corrected chi connectivity index (χ1v) is 5.71. The Morgan fingerprint density at radius 3 is 2.79 bits per heavy atom. The van der Waals surface area contributed by atoms with Crippen molar-refractivity contribution < 1.29 is 4.39 Å². The van der Waals surface area contributed by atoms with Crippen molar-refractivity contribution in [3.63, 3.8) is 0 Å². The monoisotopic (exact) mass is 200 g/mol. The van der Waals surface area contributed by atoms with Crippen molar-refractivity contribution in [3.05, 3.63) is 0 Å². The normalized spacial score (nSPS) is 40.1. The molecule has 2 aliphatic rings. The molecular weight excluding hydrogens is 179 g/mol. The highest BCUT2D eigenvalue weighted by Crippen LogP contribution is 2.41. The predicted molar refractivity (Wildman–Crippen MR) is 56.1 cm³/mol. The van der Waals surface area contributed by atoms with Gasteiger partial charge in [0.15, 0.2) is 0 Å². The van der Waals surface area contributed by atoms with Gasteiger partial charge in [-0.1, -0.05) is 0 Å². The summed E-state index contributed by atoms with van der Waals surface area (Å²) in [5.41, 5.74) is 0.252. The summed E-state index contributed by atoms with van der Waals surface area (Å²) in [6.07, 6.45) is 2.70. The predicted octanol–water partition coefficient (Wildman–Crippen LogP) is 1.42. The van der Waals surface area contributed by atoms with Crippen LogP contribution in [0.25, 0.3) is 0 Å². The maximum absolute atomic E-state index is 12.4. The second-order valence-electron chi connectivity index (χ2n) is 5.08. The number of hydrogen-bond donors (Lipinski definition) is 1. The van der Waals surface area contributed by atoms with Crippen molar-refractivity contribution >= 4 is 0 Å². The molecule has 14 heavy (non-hydrogen) atoms. The maximum Gasteiger partial charge on any atom is 0.102 e. The van der Waals surface area contributed by atoms with E-state index in [1.54, 1.807) is 0 Å². The zero-order valence-electron chi connectivity index (χ0n) is 9.22. The molecule has 0 radical (unpaired) electrons. The van der Waals surface area contributed by atoms with Crippen molar-refractivity contribution in [2.45, 2.75) is 38.3 Å². The summed E-state index contributed by atoms with van der Waals surface area (Å²) in [5, 5.41) is 3.63. The molecule has 0 aromatic carbocycles. The maximum atomic E-state index is 12.4. The number of piperazine rings is 1. The van der Waals surface area contributed by atoms with Crippen molar-refractivity contribution in [1.82, 2.24) is 10.2 Å². The molecule has 1 aliphatic carbocycles. The van der Waals surface area contributed by atoms with E-state index < -0.39 is 0 Å². The number of nitrogens with zero attached hydrogens (tertiary/aromatic N) is 1. The van der Waals surface area contributed by atoms with Gasteiger partial charge in [0.2, 0.25) is 0 Å². The summed E-state index contributed by atoms with van der Waals surface area (Å²) in [4.78, 5) is 2.29. The molecule has 1 aliphatic heterocycles. The molecule has 2 nitrogen and oxygen atoms in total. The summed E-state index contributed by atoms with van der Waals surface area (Å²) in [5.74, 6) is 0.831. The van der Waals surface area contributed by atoms with Crippen LogP contribution < -0.4 is 5.32 Å². The van der Waals surface area contributed by atoms with Crippen molar-refractivity contribution in [2.75, 3.05) is 26.3 Å². The minimum atomic E-state index is -0.217. The molecule has 0 spiro atoms. The van der Waals surface area contributed by atoms with Crippen LogP contribution in [-0.2, 0) is 0 Å². The van der Waals surface area contributed by atoms with Crippen LogP contribution in [0.4, 0.5) is 4.39 Å². The van der Waals surface area contributed by atoms with Gasteiger partial charge in [-0.25, -0.2) is 4.39 Å². The lowest BCUT2D eigenvalue weighted by atomic mass is 9.91. The minimum absolute atomic E-state index is 0.217. The summed E-state index contributed by atoms with van der Waals surface area (Å²) in [6, 6.07) is 0.484. The van der Waals surface area contributed by atoms with Gasteiger partial charge in [0.05, 0.1) is 0 Å². The lowest BCUT2D eigenvalue weighted by molar-refractivity contribution is 0.0779. The fourth-order valence-electron chi connectivity index (χ4n) is 2.55. The second kappa shape index (κ2) is 3.78. The van der Waals surface area contributed by atoms with Gasteiger partial charge < -0.3 is 5.32 Å². The quantitative estimate of drug-likeness (QED) is 0.741. The van der Waals surface area contributed by atoms with Gasteiger partial charge in [-0.05, 0) is 32.6 Å². The summed E-state index contributed by atoms with van der Waals surface area (Å²) in [6.45, 7) is 6.88. The number of alkyl halides is 1. The highest BCUT2D eigenvalue weighted by atomic mass is 19.1. The molecule has 1 N–H and O–H groups in total. The molecule has 82 valence electrons. The number of hydrogen-bond acceptors (Lipinski definition) is 2. The molecule has 1 saturated carbocycles. The Labute approximate surface area is 85.9 Å². The fourth-order valence-corrected chi connectivity index (χ4v) is 2.55. The molecule has 0 amide bonds. The van der Waals surface area contributed by atoms with Crippen LogP contribution in [0.3, 0.4) is 0 Å². The first-order valence-electron chi connectivity index (χ1n) is 5.71. The highest BCUT2D eigenvalue weighted by molar-refractivity contribution is 5.03. The van der Waals surface area contributed by atoms with Crippen LogP contribution >= 0.6 is 0 Å². The number of halogens is 1. The standard InChI is InChI=1S/C11H21FN2/c1-9-7-13-11(2,10-3-4-10)8-14(9)6-5-12/h9-10,13H,3-8H2,1-2H3. The molecule has 2 atom stereocenters. The van der Waals surface area contributed by atoms with Gasteiger partial charge >= 0.3 is 0 Å². The molecule has 2 rings (SSSR count). The van der Waals surface area contributed by atoms with E-state index in [9.17, 15) is 4.39 Å². The van der Waals surface area contributed by atoms with Crippen LogP contribution in [0.2, 0.25) is 0 Å². The van der Waals surface area contributed by atoms with Crippen LogP contribution in [0.15, 0.2) is 0 Å². The topological polar surface area (TPSA) is 15.3 Å². The smallest absolute Gasteiger partial charge is 0.102 e. The van der Waals surface area contributed by atoms with E-state index in [1.807, 2.05) is 0 Å². The van der Waals surface area contributed by atoms with E-state index in [-0.39, 0.29) is 12.2 Å². The molecular formula is C11H21FN2. The molecule has 0 aromatic rings. The summed E-state index contributed by atoms with van der Waals surface area (Å²) < 4.78 is 12.4. The summed E-state index contributed by atoms with van der Waals surface area (Å²) in [7, 11) is 0. The summed E-state index contributed by atoms with van der Waals surface area (Å²) >= 11 is 0. The van der Waals surface area contributed by atoms with Crippen LogP contribution in [0, 0.1) is 5.92 Å². The lowest BCUT2D eigenvalue weighted by Gasteiger charge is -2.45. The van der Waals surface area contributed by atoms with E-state index in [0.29, 0.717) is 12.6 Å². The van der Waals surface area contributed by atoms with E-state index in [4.69, 9.17) is 0 Å².